The summed E-state index contributed by atoms with van der Waals surface area (Å²) in [6.07, 6.45) is 0. The van der Waals surface area contributed by atoms with Gasteiger partial charge < -0.3 is 20.5 Å². The molecule has 0 aliphatic rings. The third kappa shape index (κ3) is 5.48. The molecule has 2 amide bonds. The lowest BCUT2D eigenvalue weighted by Gasteiger charge is -2.34. The van der Waals surface area contributed by atoms with Gasteiger partial charge in [-0.05, 0) is 45.0 Å². The topological polar surface area (TPSA) is 120 Å². The third-order valence-electron chi connectivity index (χ3n) is 3.49. The third-order valence-corrected chi connectivity index (χ3v) is 3.49. The fraction of sp³-hybridized carbons (Fsp3) is 0.500. The van der Waals surface area contributed by atoms with E-state index in [4.69, 9.17) is 15.1 Å². The van der Waals surface area contributed by atoms with Crippen LogP contribution in [0.3, 0.4) is 0 Å². The summed E-state index contributed by atoms with van der Waals surface area (Å²) < 4.78 is 5.31. The maximum absolute atomic E-state index is 12.4. The number of aliphatic hydroxyl groups excluding tert-OH is 1. The Balaban J connectivity index is 2.89. The minimum Gasteiger partial charge on any atom is -0.494 e. The average Bonchev–Trinajstić information content (AvgIpc) is 2.57. The smallest absolute Gasteiger partial charge is 0.267 e. The van der Waals surface area contributed by atoms with Crippen LogP contribution in [0.15, 0.2) is 24.3 Å². The molecule has 8 heteroatoms. The van der Waals surface area contributed by atoms with Crippen molar-refractivity contribution in [2.24, 2.45) is 0 Å². The maximum atomic E-state index is 12.4. The van der Waals surface area contributed by atoms with E-state index in [-0.39, 0.29) is 13.2 Å². The molecule has 1 unspecified atom stereocenters. The average molecular weight is 339 g/mol. The van der Waals surface area contributed by atoms with Crippen molar-refractivity contribution in [3.05, 3.63) is 29.8 Å². The van der Waals surface area contributed by atoms with Crippen molar-refractivity contribution in [3.63, 3.8) is 0 Å². The quantitative estimate of drug-likeness (QED) is 0.320. The van der Waals surface area contributed by atoms with Gasteiger partial charge in [0.1, 0.15) is 11.8 Å². The van der Waals surface area contributed by atoms with Crippen molar-refractivity contribution < 1.29 is 24.6 Å². The maximum Gasteiger partial charge on any atom is 0.267 e. The molecule has 24 heavy (non-hydrogen) atoms. The molecule has 0 spiro atoms. The van der Waals surface area contributed by atoms with Gasteiger partial charge in [0, 0.05) is 17.6 Å². The van der Waals surface area contributed by atoms with Crippen molar-refractivity contribution in [1.29, 1.82) is 0 Å². The number of β-amino-alcohol motifs (C(OH)–C–C–N with tert-alkyl or cyclic N) is 1. The van der Waals surface area contributed by atoms with Crippen LogP contribution in [-0.2, 0) is 4.79 Å². The fourth-order valence-corrected chi connectivity index (χ4v) is 2.20. The minimum atomic E-state index is -1.05. The molecule has 1 aromatic carbocycles. The van der Waals surface area contributed by atoms with E-state index >= 15 is 0 Å². The molecule has 0 bridgehead atoms. The Kier molecular flexibility index (Phi) is 7.63. The summed E-state index contributed by atoms with van der Waals surface area (Å²) in [5.74, 6) is -0.584. The molecule has 1 rings (SSSR count). The Labute approximate surface area is 141 Å². The minimum absolute atomic E-state index is 0.121. The summed E-state index contributed by atoms with van der Waals surface area (Å²) in [6.45, 7) is 5.86. The molecule has 1 aromatic rings. The highest BCUT2D eigenvalue weighted by Gasteiger charge is 2.36. The van der Waals surface area contributed by atoms with E-state index in [1.807, 2.05) is 6.92 Å². The van der Waals surface area contributed by atoms with E-state index in [2.05, 4.69) is 10.6 Å². The van der Waals surface area contributed by atoms with Crippen molar-refractivity contribution in [2.45, 2.75) is 32.4 Å². The predicted molar refractivity (Wildman–Crippen MR) is 88.0 cm³/mol. The van der Waals surface area contributed by atoms with Crippen molar-refractivity contribution in [3.8, 4) is 5.75 Å². The van der Waals surface area contributed by atoms with Gasteiger partial charge in [-0.3, -0.25) is 14.8 Å². The Bertz CT molecular complexity index is 545. The lowest BCUT2D eigenvalue weighted by Crippen LogP contribution is -2.63. The predicted octanol–water partition coefficient (Wildman–Crippen LogP) is 0.0496. The molecule has 0 aliphatic carbocycles. The van der Waals surface area contributed by atoms with E-state index in [0.29, 0.717) is 17.9 Å². The fourth-order valence-electron chi connectivity index (χ4n) is 2.20. The summed E-state index contributed by atoms with van der Waals surface area (Å²) >= 11 is 0. The van der Waals surface area contributed by atoms with Gasteiger partial charge in [0.05, 0.1) is 13.2 Å². The molecule has 0 radical (unpaired) electrons. The van der Waals surface area contributed by atoms with Crippen molar-refractivity contribution in [1.82, 2.24) is 16.1 Å². The number of rotatable bonds is 9. The first-order chi connectivity index (χ1) is 11.4. The SMILES string of the molecule is CCOc1ccc(C(=O)NC(C(=O)NO)C(C)(C)NCCO)cc1. The van der Waals surface area contributed by atoms with Gasteiger partial charge in [-0.1, -0.05) is 0 Å². The highest BCUT2D eigenvalue weighted by atomic mass is 16.5. The van der Waals surface area contributed by atoms with Crippen LogP contribution in [0.25, 0.3) is 0 Å². The largest absolute Gasteiger partial charge is 0.494 e. The van der Waals surface area contributed by atoms with Crippen LogP contribution in [-0.4, -0.2) is 53.5 Å². The number of hydroxylamine groups is 1. The molecule has 0 aliphatic heterocycles. The Morgan fingerprint density at radius 2 is 1.88 bits per heavy atom. The molecule has 0 fully saturated rings. The standard InChI is InChI=1S/C16H25N3O5/c1-4-24-12-7-5-11(6-8-12)14(21)18-13(15(22)19-23)16(2,3)17-9-10-20/h5-8,13,17,20,23H,4,9-10H2,1-3H3,(H,18,21)(H,19,22). The first-order valence-electron chi connectivity index (χ1n) is 7.69. The van der Waals surface area contributed by atoms with Gasteiger partial charge in [-0.2, -0.15) is 0 Å². The van der Waals surface area contributed by atoms with E-state index in [0.717, 1.165) is 0 Å². The zero-order chi connectivity index (χ0) is 18.2. The number of benzene rings is 1. The van der Waals surface area contributed by atoms with Gasteiger partial charge in [0.25, 0.3) is 11.8 Å². The summed E-state index contributed by atoms with van der Waals surface area (Å²) in [6, 6.07) is 5.45. The number of carbonyl (C=O) groups excluding carboxylic acids is 2. The molecule has 1 atom stereocenters. The van der Waals surface area contributed by atoms with Gasteiger partial charge in [0.2, 0.25) is 0 Å². The van der Waals surface area contributed by atoms with E-state index in [9.17, 15) is 9.59 Å². The summed E-state index contributed by atoms with van der Waals surface area (Å²) in [5, 5.41) is 23.4. The van der Waals surface area contributed by atoms with Gasteiger partial charge in [-0.25, -0.2) is 5.48 Å². The summed E-state index contributed by atoms with van der Waals surface area (Å²) in [7, 11) is 0. The lowest BCUT2D eigenvalue weighted by atomic mass is 9.93. The highest BCUT2D eigenvalue weighted by molar-refractivity contribution is 5.97. The van der Waals surface area contributed by atoms with E-state index in [1.54, 1.807) is 43.6 Å². The summed E-state index contributed by atoms with van der Waals surface area (Å²) in [4.78, 5) is 24.3. The van der Waals surface area contributed by atoms with Crippen LogP contribution in [0.5, 0.6) is 5.75 Å². The van der Waals surface area contributed by atoms with Crippen LogP contribution in [0.4, 0.5) is 0 Å². The highest BCUT2D eigenvalue weighted by Crippen LogP contribution is 2.14. The van der Waals surface area contributed by atoms with Crippen molar-refractivity contribution in [2.75, 3.05) is 19.8 Å². The van der Waals surface area contributed by atoms with Gasteiger partial charge in [0.15, 0.2) is 0 Å². The molecule has 0 heterocycles. The number of hydrogen-bond donors (Lipinski definition) is 5. The monoisotopic (exact) mass is 339 g/mol. The Morgan fingerprint density at radius 1 is 1.25 bits per heavy atom. The van der Waals surface area contributed by atoms with Crippen LogP contribution < -0.4 is 20.9 Å². The molecule has 0 saturated heterocycles. The normalized spacial score (nSPS) is 12.4. The number of carbonyl (C=O) groups is 2. The van der Waals surface area contributed by atoms with Gasteiger partial charge >= 0.3 is 0 Å². The van der Waals surface area contributed by atoms with Crippen molar-refractivity contribution >= 4 is 11.8 Å². The molecule has 5 N–H and O–H groups in total. The number of ether oxygens (including phenoxy) is 1. The second-order valence-corrected chi connectivity index (χ2v) is 5.71. The zero-order valence-corrected chi connectivity index (χ0v) is 14.1. The van der Waals surface area contributed by atoms with Crippen LogP contribution in [0.2, 0.25) is 0 Å². The first-order valence-corrected chi connectivity index (χ1v) is 7.69. The number of hydrogen-bond acceptors (Lipinski definition) is 6. The van der Waals surface area contributed by atoms with Crippen LogP contribution in [0.1, 0.15) is 31.1 Å². The molecule has 0 saturated carbocycles. The summed E-state index contributed by atoms with van der Waals surface area (Å²) in [5.41, 5.74) is 1.02. The lowest BCUT2D eigenvalue weighted by molar-refractivity contribution is -0.133. The second kappa shape index (κ2) is 9.21. The van der Waals surface area contributed by atoms with Gasteiger partial charge in [-0.15, -0.1) is 0 Å². The van der Waals surface area contributed by atoms with Crippen LogP contribution >= 0.6 is 0 Å². The molecular formula is C16H25N3O5. The number of amides is 2. The Morgan fingerprint density at radius 3 is 2.38 bits per heavy atom. The molecule has 0 aromatic heterocycles. The Hall–Kier alpha value is -2.16. The van der Waals surface area contributed by atoms with E-state index < -0.39 is 23.4 Å². The molecular weight excluding hydrogens is 314 g/mol. The zero-order valence-electron chi connectivity index (χ0n) is 14.1. The van der Waals surface area contributed by atoms with E-state index in [1.165, 1.54) is 0 Å². The van der Waals surface area contributed by atoms with Crippen LogP contribution in [0, 0.1) is 0 Å². The molecule has 134 valence electrons. The molecule has 8 nitrogen and oxygen atoms in total. The second-order valence-electron chi connectivity index (χ2n) is 5.71. The number of aliphatic hydroxyl groups is 1. The first kappa shape index (κ1) is 19.9. The number of nitrogens with one attached hydrogen (secondary N) is 3.